The summed E-state index contributed by atoms with van der Waals surface area (Å²) >= 11 is 0. The lowest BCUT2D eigenvalue weighted by atomic mass is 9.97. The predicted molar refractivity (Wildman–Crippen MR) is 119 cm³/mol. The van der Waals surface area contributed by atoms with Crippen molar-refractivity contribution in [1.82, 2.24) is 25.8 Å². The maximum Gasteiger partial charge on any atom is 0.437 e. The van der Waals surface area contributed by atoms with E-state index in [9.17, 15) is 13.2 Å². The average Bonchev–Trinajstić information content (AvgIpc) is 3.50. The van der Waals surface area contributed by atoms with Crippen LogP contribution in [0.3, 0.4) is 0 Å². The fourth-order valence-electron chi connectivity index (χ4n) is 4.07. The molecule has 1 unspecified atom stereocenters. The van der Waals surface area contributed by atoms with Crippen molar-refractivity contribution in [1.29, 1.82) is 0 Å². The van der Waals surface area contributed by atoms with Gasteiger partial charge in [0.1, 0.15) is 5.75 Å². The fourth-order valence-corrected chi connectivity index (χ4v) is 4.07. The van der Waals surface area contributed by atoms with E-state index in [-0.39, 0.29) is 22.5 Å². The first-order valence-electron chi connectivity index (χ1n) is 11.4. The SMILES string of the molecule is CCCc1cc(CCC)c2onc(C(F)(F)F)c2c1OC(c1ccc(CC)cc1)c1nnn[nH]1. The second-order valence-electron chi connectivity index (χ2n) is 8.14. The Balaban J connectivity index is 1.93. The number of H-pyrrole nitrogens is 1. The van der Waals surface area contributed by atoms with Gasteiger partial charge >= 0.3 is 6.18 Å². The van der Waals surface area contributed by atoms with Crippen LogP contribution < -0.4 is 4.74 Å². The van der Waals surface area contributed by atoms with Crippen LogP contribution in [0.1, 0.15) is 73.5 Å². The van der Waals surface area contributed by atoms with E-state index in [0.29, 0.717) is 29.5 Å². The van der Waals surface area contributed by atoms with Gasteiger partial charge in [0.2, 0.25) is 0 Å². The van der Waals surface area contributed by atoms with Crippen LogP contribution in [-0.2, 0) is 25.4 Å². The maximum atomic E-state index is 14.0. The van der Waals surface area contributed by atoms with Gasteiger partial charge in [-0.1, -0.05) is 63.0 Å². The highest BCUT2D eigenvalue weighted by atomic mass is 19.4. The first-order chi connectivity index (χ1) is 16.4. The number of hydrogen-bond donors (Lipinski definition) is 1. The van der Waals surface area contributed by atoms with Crippen LogP contribution in [0.15, 0.2) is 34.9 Å². The molecule has 0 aliphatic heterocycles. The number of nitrogens with zero attached hydrogens (tertiary/aromatic N) is 4. The lowest BCUT2D eigenvalue weighted by Crippen LogP contribution is -2.14. The first-order valence-corrected chi connectivity index (χ1v) is 11.4. The molecule has 2 heterocycles. The summed E-state index contributed by atoms with van der Waals surface area (Å²) < 4.78 is 53.5. The number of fused-ring (bicyclic) bond motifs is 1. The number of tetrazole rings is 1. The third-order valence-electron chi connectivity index (χ3n) is 5.69. The Morgan fingerprint density at radius 1 is 1.03 bits per heavy atom. The summed E-state index contributed by atoms with van der Waals surface area (Å²) in [5, 5.41) is 17.2. The highest BCUT2D eigenvalue weighted by Gasteiger charge is 2.40. The average molecular weight is 473 g/mol. The lowest BCUT2D eigenvalue weighted by molar-refractivity contribution is -0.141. The molecule has 180 valence electrons. The van der Waals surface area contributed by atoms with E-state index in [1.165, 1.54) is 0 Å². The Hall–Kier alpha value is -3.43. The van der Waals surface area contributed by atoms with Gasteiger partial charge in [-0.05, 0) is 52.4 Å². The highest BCUT2D eigenvalue weighted by molar-refractivity contribution is 5.90. The molecule has 2 aromatic heterocycles. The van der Waals surface area contributed by atoms with E-state index in [4.69, 9.17) is 9.26 Å². The normalized spacial score (nSPS) is 12.9. The summed E-state index contributed by atoms with van der Waals surface area (Å²) in [5.74, 6) is 0.369. The molecule has 0 radical (unpaired) electrons. The van der Waals surface area contributed by atoms with Gasteiger partial charge in [-0.25, -0.2) is 5.10 Å². The number of nitrogens with one attached hydrogen (secondary N) is 1. The number of halogens is 3. The van der Waals surface area contributed by atoms with Gasteiger partial charge in [0.05, 0.1) is 5.39 Å². The quantitative estimate of drug-likeness (QED) is 0.321. The molecule has 7 nitrogen and oxygen atoms in total. The number of aromatic amines is 1. The zero-order chi connectivity index (χ0) is 24.3. The number of aromatic nitrogens is 5. The minimum absolute atomic E-state index is 0.0891. The monoisotopic (exact) mass is 473 g/mol. The van der Waals surface area contributed by atoms with Gasteiger partial charge in [0.25, 0.3) is 0 Å². The molecule has 0 spiro atoms. The second-order valence-corrected chi connectivity index (χ2v) is 8.14. The molecule has 2 aromatic carbocycles. The van der Waals surface area contributed by atoms with E-state index < -0.39 is 18.0 Å². The number of ether oxygens (including phenoxy) is 1. The van der Waals surface area contributed by atoms with Crippen LogP contribution in [0, 0.1) is 0 Å². The van der Waals surface area contributed by atoms with E-state index in [1.54, 1.807) is 0 Å². The van der Waals surface area contributed by atoms with Crippen LogP contribution in [0.2, 0.25) is 0 Å². The molecule has 0 aliphatic carbocycles. The van der Waals surface area contributed by atoms with E-state index >= 15 is 0 Å². The number of alkyl halides is 3. The van der Waals surface area contributed by atoms with Gasteiger partial charge in [0.15, 0.2) is 23.2 Å². The van der Waals surface area contributed by atoms with Crippen LogP contribution in [0.5, 0.6) is 5.75 Å². The summed E-state index contributed by atoms with van der Waals surface area (Å²) in [6.07, 6.45) is -2.14. The van der Waals surface area contributed by atoms with Crippen LogP contribution in [0.4, 0.5) is 13.2 Å². The van der Waals surface area contributed by atoms with Gasteiger partial charge in [-0.3, -0.25) is 0 Å². The van der Waals surface area contributed by atoms with Crippen molar-refractivity contribution in [3.63, 3.8) is 0 Å². The van der Waals surface area contributed by atoms with Crippen molar-refractivity contribution in [2.45, 2.75) is 65.2 Å². The molecule has 1 atom stereocenters. The minimum Gasteiger partial charge on any atom is -0.476 e. The molecular weight excluding hydrogens is 447 g/mol. The zero-order valence-corrected chi connectivity index (χ0v) is 19.2. The summed E-state index contributed by atoms with van der Waals surface area (Å²) in [4.78, 5) is 0. The Labute approximate surface area is 194 Å². The van der Waals surface area contributed by atoms with Crippen molar-refractivity contribution >= 4 is 11.0 Å². The Morgan fingerprint density at radius 3 is 2.32 bits per heavy atom. The van der Waals surface area contributed by atoms with E-state index in [1.807, 2.05) is 51.1 Å². The van der Waals surface area contributed by atoms with Crippen LogP contribution in [0.25, 0.3) is 11.0 Å². The summed E-state index contributed by atoms with van der Waals surface area (Å²) in [6.45, 7) is 5.97. The Kier molecular flexibility index (Phi) is 6.85. The van der Waals surface area contributed by atoms with Crippen LogP contribution >= 0.6 is 0 Å². The van der Waals surface area contributed by atoms with Crippen molar-refractivity contribution in [2.24, 2.45) is 0 Å². The standard InChI is InChI=1S/C24H26F3N5O2/c1-4-7-16-13-17(8-5-2)20-18(22(30-34-20)24(25,26)27)19(16)33-21(23-28-31-32-29-23)15-11-9-14(6-3)10-12-15/h9-13,21H,4-8H2,1-3H3,(H,28,29,31,32). The zero-order valence-electron chi connectivity index (χ0n) is 19.2. The lowest BCUT2D eigenvalue weighted by Gasteiger charge is -2.21. The molecule has 0 fully saturated rings. The largest absolute Gasteiger partial charge is 0.476 e. The molecule has 4 aromatic rings. The predicted octanol–water partition coefficient (Wildman–Crippen LogP) is 6.00. The number of benzene rings is 2. The summed E-state index contributed by atoms with van der Waals surface area (Å²) in [5.41, 5.74) is 2.17. The van der Waals surface area contributed by atoms with Crippen LogP contribution in [-0.4, -0.2) is 25.8 Å². The van der Waals surface area contributed by atoms with Gasteiger partial charge in [0, 0.05) is 5.56 Å². The topological polar surface area (TPSA) is 89.7 Å². The Bertz CT molecular complexity index is 1230. The Morgan fingerprint density at radius 2 is 1.74 bits per heavy atom. The molecule has 0 saturated carbocycles. The third kappa shape index (κ3) is 4.62. The molecule has 34 heavy (non-hydrogen) atoms. The number of hydrogen-bond acceptors (Lipinski definition) is 6. The summed E-state index contributed by atoms with van der Waals surface area (Å²) in [6, 6.07) is 9.50. The van der Waals surface area contributed by atoms with Gasteiger partial charge < -0.3 is 9.26 Å². The fraction of sp³-hybridized carbons (Fsp3) is 0.417. The summed E-state index contributed by atoms with van der Waals surface area (Å²) in [7, 11) is 0. The molecule has 0 saturated heterocycles. The smallest absolute Gasteiger partial charge is 0.437 e. The van der Waals surface area contributed by atoms with Crippen molar-refractivity contribution in [3.8, 4) is 5.75 Å². The molecule has 10 heteroatoms. The van der Waals surface area contributed by atoms with Crippen molar-refractivity contribution in [3.05, 3.63) is 64.1 Å². The second kappa shape index (κ2) is 9.82. The molecule has 4 rings (SSSR count). The van der Waals surface area contributed by atoms with Crippen molar-refractivity contribution < 1.29 is 22.4 Å². The van der Waals surface area contributed by atoms with Gasteiger partial charge in [-0.2, -0.15) is 13.2 Å². The molecule has 0 amide bonds. The third-order valence-corrected chi connectivity index (χ3v) is 5.69. The van der Waals surface area contributed by atoms with Crippen molar-refractivity contribution in [2.75, 3.05) is 0 Å². The molecule has 0 aliphatic rings. The molecule has 1 N–H and O–H groups in total. The van der Waals surface area contributed by atoms with Gasteiger partial charge in [-0.15, -0.1) is 5.10 Å². The number of aryl methyl sites for hydroxylation is 3. The maximum absolute atomic E-state index is 14.0. The van der Waals surface area contributed by atoms with E-state index in [2.05, 4.69) is 25.8 Å². The molecular formula is C24H26F3N5O2. The minimum atomic E-state index is -4.70. The number of rotatable bonds is 9. The first kappa shape index (κ1) is 23.7. The molecule has 0 bridgehead atoms. The van der Waals surface area contributed by atoms with E-state index in [0.717, 1.165) is 24.8 Å². The highest BCUT2D eigenvalue weighted by Crippen LogP contribution is 2.44.